The molecule has 4 heteroatoms. The predicted octanol–water partition coefficient (Wildman–Crippen LogP) is 2.43. The zero-order valence-electron chi connectivity index (χ0n) is 10.00. The molecule has 1 aromatic heterocycles. The highest BCUT2D eigenvalue weighted by molar-refractivity contribution is 14.1. The molecule has 1 rings (SSSR count). The van der Waals surface area contributed by atoms with Crippen LogP contribution >= 0.6 is 22.6 Å². The number of aromatic nitrogens is 1. The van der Waals surface area contributed by atoms with E-state index in [1.807, 2.05) is 13.1 Å². The number of pyridine rings is 1. The summed E-state index contributed by atoms with van der Waals surface area (Å²) in [6, 6.07) is 1.67. The number of halogens is 1. The van der Waals surface area contributed by atoms with Crippen LogP contribution in [0.15, 0.2) is 17.1 Å². The fraction of sp³-hybridized carbons (Fsp3) is 0.583. The van der Waals surface area contributed by atoms with Crippen LogP contribution in [0, 0.1) is 16.4 Å². The highest BCUT2D eigenvalue weighted by Gasteiger charge is 2.01. The van der Waals surface area contributed by atoms with Gasteiger partial charge in [-0.25, -0.2) is 0 Å². The minimum Gasteiger partial charge on any atom is -0.379 e. The van der Waals surface area contributed by atoms with Gasteiger partial charge in [0.2, 0.25) is 0 Å². The van der Waals surface area contributed by atoms with Crippen molar-refractivity contribution in [1.82, 2.24) is 4.57 Å². The summed E-state index contributed by atoms with van der Waals surface area (Å²) in [4.78, 5) is 11.6. The molecule has 0 amide bonds. The normalized spacial score (nSPS) is 11.1. The molecule has 0 atom stereocenters. The van der Waals surface area contributed by atoms with Gasteiger partial charge in [0.25, 0.3) is 5.56 Å². The summed E-state index contributed by atoms with van der Waals surface area (Å²) in [5.74, 6) is 0.537. The molecule has 0 saturated carbocycles. The van der Waals surface area contributed by atoms with E-state index in [0.29, 0.717) is 19.1 Å². The standard InChI is InChI=1S/C12H18INO2/c1-9(2)8-16-5-4-14-7-11(13)10(3)6-12(14)15/h6-7,9H,4-5,8H2,1-3H3. The summed E-state index contributed by atoms with van der Waals surface area (Å²) in [7, 11) is 0. The Morgan fingerprint density at radius 1 is 1.50 bits per heavy atom. The molecule has 0 radical (unpaired) electrons. The summed E-state index contributed by atoms with van der Waals surface area (Å²) in [5, 5.41) is 0. The van der Waals surface area contributed by atoms with Crippen LogP contribution in [0.25, 0.3) is 0 Å². The molecule has 1 heterocycles. The molecule has 0 aliphatic carbocycles. The van der Waals surface area contributed by atoms with E-state index in [2.05, 4.69) is 36.4 Å². The minimum atomic E-state index is 0.0473. The molecule has 0 aliphatic rings. The monoisotopic (exact) mass is 335 g/mol. The van der Waals surface area contributed by atoms with Crippen LogP contribution < -0.4 is 5.56 Å². The fourth-order valence-corrected chi connectivity index (χ4v) is 1.79. The lowest BCUT2D eigenvalue weighted by atomic mass is 10.2. The third kappa shape index (κ3) is 4.25. The molecule has 0 N–H and O–H groups in total. The smallest absolute Gasteiger partial charge is 0.250 e. The molecule has 0 saturated heterocycles. The van der Waals surface area contributed by atoms with Gasteiger partial charge in [0.15, 0.2) is 0 Å². The summed E-state index contributed by atoms with van der Waals surface area (Å²) in [6.45, 7) is 8.14. The summed E-state index contributed by atoms with van der Waals surface area (Å²) in [5.41, 5.74) is 1.08. The number of ether oxygens (including phenoxy) is 1. The first-order valence-electron chi connectivity index (χ1n) is 5.45. The zero-order valence-corrected chi connectivity index (χ0v) is 12.2. The van der Waals surface area contributed by atoms with Gasteiger partial charge in [0, 0.05) is 29.0 Å². The number of rotatable bonds is 5. The first-order valence-corrected chi connectivity index (χ1v) is 6.53. The Morgan fingerprint density at radius 3 is 2.81 bits per heavy atom. The van der Waals surface area contributed by atoms with Crippen LogP contribution in [0.3, 0.4) is 0 Å². The quantitative estimate of drug-likeness (QED) is 0.611. The van der Waals surface area contributed by atoms with Crippen molar-refractivity contribution in [2.24, 2.45) is 5.92 Å². The maximum Gasteiger partial charge on any atom is 0.250 e. The van der Waals surface area contributed by atoms with E-state index in [1.165, 1.54) is 0 Å². The number of hydrogen-bond acceptors (Lipinski definition) is 2. The van der Waals surface area contributed by atoms with Gasteiger partial charge in [-0.2, -0.15) is 0 Å². The van der Waals surface area contributed by atoms with Gasteiger partial charge in [-0.05, 0) is 41.0 Å². The largest absolute Gasteiger partial charge is 0.379 e. The molecule has 0 bridgehead atoms. The Morgan fingerprint density at radius 2 is 2.19 bits per heavy atom. The lowest BCUT2D eigenvalue weighted by Gasteiger charge is -2.09. The molecule has 1 aromatic rings. The van der Waals surface area contributed by atoms with Crippen LogP contribution in [0.2, 0.25) is 0 Å². The van der Waals surface area contributed by atoms with Crippen LogP contribution in [-0.4, -0.2) is 17.8 Å². The molecular formula is C12H18INO2. The van der Waals surface area contributed by atoms with E-state index in [1.54, 1.807) is 10.6 Å². The third-order valence-electron chi connectivity index (χ3n) is 2.20. The van der Waals surface area contributed by atoms with E-state index in [9.17, 15) is 4.79 Å². The number of aryl methyl sites for hydroxylation is 1. The lowest BCUT2D eigenvalue weighted by Crippen LogP contribution is -2.22. The summed E-state index contributed by atoms with van der Waals surface area (Å²) < 4.78 is 8.28. The van der Waals surface area contributed by atoms with Crippen LogP contribution in [0.1, 0.15) is 19.4 Å². The maximum absolute atomic E-state index is 11.6. The SMILES string of the molecule is Cc1cc(=O)n(CCOCC(C)C)cc1I. The molecule has 0 fully saturated rings. The maximum atomic E-state index is 11.6. The molecule has 16 heavy (non-hydrogen) atoms. The second-order valence-corrected chi connectivity index (χ2v) is 5.47. The highest BCUT2D eigenvalue weighted by Crippen LogP contribution is 2.07. The first kappa shape index (κ1) is 13.7. The van der Waals surface area contributed by atoms with E-state index in [0.717, 1.165) is 15.7 Å². The molecular weight excluding hydrogens is 317 g/mol. The molecule has 90 valence electrons. The van der Waals surface area contributed by atoms with Gasteiger partial charge in [0.1, 0.15) is 0 Å². The predicted molar refractivity (Wildman–Crippen MR) is 73.8 cm³/mol. The molecule has 0 aromatic carbocycles. The summed E-state index contributed by atoms with van der Waals surface area (Å²) >= 11 is 2.24. The Kier molecular flexibility index (Phi) is 5.48. The fourth-order valence-electron chi connectivity index (χ4n) is 1.30. The van der Waals surface area contributed by atoms with Crippen molar-refractivity contribution in [3.05, 3.63) is 31.8 Å². The van der Waals surface area contributed by atoms with Crippen LogP contribution in [0.4, 0.5) is 0 Å². The zero-order chi connectivity index (χ0) is 12.1. The Labute approximate surface area is 110 Å². The first-order chi connectivity index (χ1) is 7.50. The van der Waals surface area contributed by atoms with Crippen molar-refractivity contribution < 1.29 is 4.74 Å². The van der Waals surface area contributed by atoms with E-state index in [-0.39, 0.29) is 5.56 Å². The Bertz CT molecular complexity index is 398. The molecule has 0 spiro atoms. The molecule has 0 aliphatic heterocycles. The molecule has 3 nitrogen and oxygen atoms in total. The number of hydrogen-bond donors (Lipinski definition) is 0. The van der Waals surface area contributed by atoms with Crippen molar-refractivity contribution in [1.29, 1.82) is 0 Å². The van der Waals surface area contributed by atoms with Gasteiger partial charge in [-0.3, -0.25) is 4.79 Å². The van der Waals surface area contributed by atoms with Crippen LogP contribution in [-0.2, 0) is 11.3 Å². The second kappa shape index (κ2) is 6.39. The van der Waals surface area contributed by atoms with Crippen LogP contribution in [0.5, 0.6) is 0 Å². The van der Waals surface area contributed by atoms with Gasteiger partial charge in [-0.15, -0.1) is 0 Å². The number of nitrogens with zero attached hydrogens (tertiary/aromatic N) is 1. The van der Waals surface area contributed by atoms with Crippen molar-refractivity contribution in [2.45, 2.75) is 27.3 Å². The Hall–Kier alpha value is -0.360. The lowest BCUT2D eigenvalue weighted by molar-refractivity contribution is 0.102. The Balaban J connectivity index is 2.54. The van der Waals surface area contributed by atoms with Gasteiger partial charge in [-0.1, -0.05) is 13.8 Å². The summed E-state index contributed by atoms with van der Waals surface area (Å²) in [6.07, 6.45) is 1.89. The van der Waals surface area contributed by atoms with Gasteiger partial charge in [0.05, 0.1) is 6.61 Å². The third-order valence-corrected chi connectivity index (χ3v) is 3.33. The van der Waals surface area contributed by atoms with Crippen molar-refractivity contribution >= 4 is 22.6 Å². The average Bonchev–Trinajstić information content (AvgIpc) is 2.19. The van der Waals surface area contributed by atoms with Crippen molar-refractivity contribution in [3.8, 4) is 0 Å². The molecule has 0 unspecified atom stereocenters. The highest BCUT2D eigenvalue weighted by atomic mass is 127. The van der Waals surface area contributed by atoms with Gasteiger partial charge < -0.3 is 9.30 Å². The average molecular weight is 335 g/mol. The van der Waals surface area contributed by atoms with Crippen molar-refractivity contribution in [3.63, 3.8) is 0 Å². The topological polar surface area (TPSA) is 31.2 Å². The van der Waals surface area contributed by atoms with E-state index < -0.39 is 0 Å². The van der Waals surface area contributed by atoms with E-state index >= 15 is 0 Å². The second-order valence-electron chi connectivity index (χ2n) is 4.30. The van der Waals surface area contributed by atoms with E-state index in [4.69, 9.17) is 4.74 Å². The van der Waals surface area contributed by atoms with Gasteiger partial charge >= 0.3 is 0 Å². The minimum absolute atomic E-state index is 0.0473. The van der Waals surface area contributed by atoms with Crippen molar-refractivity contribution in [2.75, 3.05) is 13.2 Å².